The summed E-state index contributed by atoms with van der Waals surface area (Å²) in [5.74, 6) is 0.371. The number of hydrogen-bond acceptors (Lipinski definition) is 4. The Kier molecular flexibility index (Phi) is 6.24. The van der Waals surface area contributed by atoms with E-state index in [0.29, 0.717) is 49.0 Å². The van der Waals surface area contributed by atoms with E-state index < -0.39 is 0 Å². The molecule has 0 aliphatic carbocycles. The second-order valence-corrected chi connectivity index (χ2v) is 5.94. The molecule has 0 aromatic heterocycles. The highest BCUT2D eigenvalue weighted by atomic mass is 35.5. The number of hydrogen-bond donors (Lipinski definition) is 2. The van der Waals surface area contributed by atoms with Crippen LogP contribution in [0.5, 0.6) is 5.75 Å². The lowest BCUT2D eigenvalue weighted by atomic mass is 10.1. The number of nitrogens with zero attached hydrogens (tertiary/aromatic N) is 1. The van der Waals surface area contributed by atoms with E-state index in [-0.39, 0.29) is 17.9 Å². The summed E-state index contributed by atoms with van der Waals surface area (Å²) in [6.07, 6.45) is 1.05. The number of amides is 2. The fourth-order valence-corrected chi connectivity index (χ4v) is 2.62. The minimum atomic E-state index is -0.135. The van der Waals surface area contributed by atoms with Crippen LogP contribution in [0.2, 0.25) is 5.02 Å². The first-order valence-corrected chi connectivity index (χ1v) is 8.11. The first-order chi connectivity index (χ1) is 11.0. The van der Waals surface area contributed by atoms with Gasteiger partial charge < -0.3 is 20.7 Å². The summed E-state index contributed by atoms with van der Waals surface area (Å²) in [7, 11) is 0. The van der Waals surface area contributed by atoms with Crippen LogP contribution in [-0.2, 0) is 4.79 Å². The summed E-state index contributed by atoms with van der Waals surface area (Å²) in [4.78, 5) is 25.8. The maximum atomic E-state index is 12.7. The summed E-state index contributed by atoms with van der Waals surface area (Å²) >= 11 is 6.19. The molecule has 1 aromatic rings. The molecule has 1 aromatic carbocycles. The summed E-state index contributed by atoms with van der Waals surface area (Å²) in [5, 5.41) is 3.18. The minimum absolute atomic E-state index is 0.0335. The zero-order valence-electron chi connectivity index (χ0n) is 13.2. The van der Waals surface area contributed by atoms with Crippen molar-refractivity contribution in [1.29, 1.82) is 0 Å². The average Bonchev–Trinajstić information content (AvgIpc) is 2.70. The third-order valence-corrected chi connectivity index (χ3v) is 4.05. The average molecular weight is 340 g/mol. The lowest BCUT2D eigenvalue weighted by Gasteiger charge is -2.26. The second-order valence-electron chi connectivity index (χ2n) is 5.54. The van der Waals surface area contributed by atoms with Gasteiger partial charge in [0.25, 0.3) is 5.91 Å². The highest BCUT2D eigenvalue weighted by Gasteiger charge is 2.25. The third kappa shape index (κ3) is 4.59. The zero-order valence-corrected chi connectivity index (χ0v) is 13.9. The molecule has 2 amide bonds. The Morgan fingerprint density at radius 3 is 3.00 bits per heavy atom. The van der Waals surface area contributed by atoms with Gasteiger partial charge in [0.05, 0.1) is 11.6 Å². The summed E-state index contributed by atoms with van der Waals surface area (Å²) < 4.78 is 5.52. The van der Waals surface area contributed by atoms with E-state index in [1.807, 2.05) is 6.92 Å². The van der Waals surface area contributed by atoms with Crippen LogP contribution in [-0.4, -0.2) is 49.0 Å². The van der Waals surface area contributed by atoms with Crippen molar-refractivity contribution in [2.24, 2.45) is 5.73 Å². The number of nitrogens with one attached hydrogen (secondary N) is 1. The molecule has 1 aliphatic heterocycles. The van der Waals surface area contributed by atoms with E-state index in [4.69, 9.17) is 22.1 Å². The van der Waals surface area contributed by atoms with Crippen LogP contribution >= 0.6 is 11.6 Å². The Morgan fingerprint density at radius 2 is 2.30 bits per heavy atom. The fraction of sp³-hybridized carbons (Fsp3) is 0.500. The molecule has 1 aliphatic rings. The van der Waals surface area contributed by atoms with Crippen molar-refractivity contribution >= 4 is 23.4 Å². The molecule has 126 valence electrons. The lowest BCUT2D eigenvalue weighted by Crippen LogP contribution is -2.41. The molecule has 2 rings (SSSR count). The Balaban J connectivity index is 2.09. The van der Waals surface area contributed by atoms with Gasteiger partial charge in [-0.25, -0.2) is 0 Å². The fourth-order valence-electron chi connectivity index (χ4n) is 2.39. The number of benzene rings is 1. The van der Waals surface area contributed by atoms with E-state index in [1.54, 1.807) is 23.1 Å². The van der Waals surface area contributed by atoms with Gasteiger partial charge in [0.15, 0.2) is 0 Å². The van der Waals surface area contributed by atoms with E-state index in [2.05, 4.69) is 5.32 Å². The maximum Gasteiger partial charge on any atom is 0.254 e. The van der Waals surface area contributed by atoms with Gasteiger partial charge in [-0.1, -0.05) is 11.6 Å². The number of rotatable bonds is 5. The highest BCUT2D eigenvalue weighted by molar-refractivity contribution is 6.32. The molecule has 3 N–H and O–H groups in total. The van der Waals surface area contributed by atoms with Gasteiger partial charge >= 0.3 is 0 Å². The largest absolute Gasteiger partial charge is 0.492 e. The highest BCUT2D eigenvalue weighted by Crippen LogP contribution is 2.26. The second kappa shape index (κ2) is 8.17. The van der Waals surface area contributed by atoms with E-state index >= 15 is 0 Å². The molecule has 1 fully saturated rings. The van der Waals surface area contributed by atoms with Crippen molar-refractivity contribution in [3.05, 3.63) is 28.8 Å². The van der Waals surface area contributed by atoms with Crippen LogP contribution in [0.4, 0.5) is 0 Å². The van der Waals surface area contributed by atoms with Crippen LogP contribution in [0.25, 0.3) is 0 Å². The Labute approximate surface area is 140 Å². The van der Waals surface area contributed by atoms with Crippen molar-refractivity contribution in [2.75, 3.05) is 26.2 Å². The first-order valence-electron chi connectivity index (χ1n) is 7.73. The topological polar surface area (TPSA) is 84.7 Å². The molecule has 1 unspecified atom stereocenters. The van der Waals surface area contributed by atoms with Crippen molar-refractivity contribution in [3.63, 3.8) is 0 Å². The van der Waals surface area contributed by atoms with Gasteiger partial charge in [0.1, 0.15) is 5.75 Å². The molecular formula is C16H22ClN3O3. The quantitative estimate of drug-likeness (QED) is 0.794. The predicted octanol–water partition coefficient (Wildman–Crippen LogP) is 1.42. The molecular weight excluding hydrogens is 318 g/mol. The van der Waals surface area contributed by atoms with Crippen LogP contribution in [0.1, 0.15) is 30.1 Å². The molecule has 0 bridgehead atoms. The molecule has 1 heterocycles. The van der Waals surface area contributed by atoms with Gasteiger partial charge in [-0.05, 0) is 38.1 Å². The summed E-state index contributed by atoms with van der Waals surface area (Å²) in [6, 6.07) is 4.93. The van der Waals surface area contributed by atoms with Gasteiger partial charge in [-0.3, -0.25) is 9.59 Å². The Morgan fingerprint density at radius 1 is 1.52 bits per heavy atom. The Hall–Kier alpha value is -1.79. The SMILES string of the molecule is CC1CNC(=O)CCN1C(=O)c1ccc(OCCCN)c(Cl)c1. The molecule has 0 spiro atoms. The van der Waals surface area contributed by atoms with E-state index in [0.717, 1.165) is 6.42 Å². The van der Waals surface area contributed by atoms with Crippen LogP contribution in [0, 0.1) is 0 Å². The molecule has 0 saturated carbocycles. The van der Waals surface area contributed by atoms with Crippen LogP contribution < -0.4 is 15.8 Å². The first kappa shape index (κ1) is 17.6. The standard InChI is InChI=1S/C16H22ClN3O3/c1-11-10-19-15(21)5-7-20(11)16(22)12-3-4-14(13(17)9-12)23-8-2-6-18/h3-4,9,11H,2,5-8,10,18H2,1H3,(H,19,21). The number of ether oxygens (including phenoxy) is 1. The maximum absolute atomic E-state index is 12.7. The molecule has 6 nitrogen and oxygen atoms in total. The number of carbonyl (C=O) groups excluding carboxylic acids is 2. The zero-order chi connectivity index (χ0) is 16.8. The monoisotopic (exact) mass is 339 g/mol. The number of carbonyl (C=O) groups is 2. The van der Waals surface area contributed by atoms with Crippen molar-refractivity contribution in [2.45, 2.75) is 25.8 Å². The lowest BCUT2D eigenvalue weighted by molar-refractivity contribution is -0.120. The smallest absolute Gasteiger partial charge is 0.254 e. The normalized spacial score (nSPS) is 18.3. The Bertz CT molecular complexity index is 580. The number of nitrogens with two attached hydrogens (primary N) is 1. The van der Waals surface area contributed by atoms with Crippen molar-refractivity contribution < 1.29 is 14.3 Å². The van der Waals surface area contributed by atoms with Gasteiger partial charge in [0.2, 0.25) is 5.91 Å². The van der Waals surface area contributed by atoms with E-state index in [9.17, 15) is 9.59 Å². The molecule has 0 radical (unpaired) electrons. The minimum Gasteiger partial charge on any atom is -0.492 e. The molecule has 1 saturated heterocycles. The summed E-state index contributed by atoms with van der Waals surface area (Å²) in [6.45, 7) is 3.81. The van der Waals surface area contributed by atoms with Crippen LogP contribution in [0.15, 0.2) is 18.2 Å². The molecule has 1 atom stereocenters. The third-order valence-electron chi connectivity index (χ3n) is 3.75. The van der Waals surface area contributed by atoms with Gasteiger partial charge in [-0.2, -0.15) is 0 Å². The van der Waals surface area contributed by atoms with Gasteiger partial charge in [0, 0.05) is 31.1 Å². The van der Waals surface area contributed by atoms with Crippen LogP contribution in [0.3, 0.4) is 0 Å². The predicted molar refractivity (Wildman–Crippen MR) is 88.7 cm³/mol. The number of halogens is 1. The van der Waals surface area contributed by atoms with Crippen molar-refractivity contribution in [3.8, 4) is 5.75 Å². The van der Waals surface area contributed by atoms with Crippen molar-refractivity contribution in [1.82, 2.24) is 10.2 Å². The summed E-state index contributed by atoms with van der Waals surface area (Å²) in [5.41, 5.74) is 5.91. The molecule has 7 heteroatoms. The van der Waals surface area contributed by atoms with Gasteiger partial charge in [-0.15, -0.1) is 0 Å². The molecule has 23 heavy (non-hydrogen) atoms. The van der Waals surface area contributed by atoms with E-state index in [1.165, 1.54) is 0 Å².